The number of nitrogens with one attached hydrogen (secondary N) is 1. The molecule has 5 heteroatoms. The van der Waals surface area contributed by atoms with Crippen LogP contribution >= 0.6 is 11.3 Å². The van der Waals surface area contributed by atoms with Crippen LogP contribution in [-0.4, -0.2) is 29.4 Å². The van der Waals surface area contributed by atoms with Gasteiger partial charge in [0.15, 0.2) is 0 Å². The minimum Gasteiger partial charge on any atom is -0.336 e. The molecule has 0 bridgehead atoms. The highest BCUT2D eigenvalue weighted by molar-refractivity contribution is 7.09. The summed E-state index contributed by atoms with van der Waals surface area (Å²) in [4.78, 5) is 19.9. The molecule has 0 unspecified atom stereocenters. The standard InChI is InChI=1S/C16H19N3OS/c1-11-15(21-10-18-11)9-19(2)16(20)14-5-3-4-12-8-17-7-6-13(12)14/h3-5,10,17H,6-9H2,1-2H3. The number of amides is 1. The molecule has 0 aliphatic carbocycles. The van der Waals surface area contributed by atoms with Crippen molar-refractivity contribution in [2.45, 2.75) is 26.4 Å². The van der Waals surface area contributed by atoms with Gasteiger partial charge in [0.25, 0.3) is 5.91 Å². The van der Waals surface area contributed by atoms with Gasteiger partial charge in [0.2, 0.25) is 0 Å². The first-order valence-electron chi connectivity index (χ1n) is 7.12. The van der Waals surface area contributed by atoms with Gasteiger partial charge in [-0.15, -0.1) is 11.3 Å². The molecule has 3 rings (SSSR count). The maximum Gasteiger partial charge on any atom is 0.254 e. The predicted molar refractivity (Wildman–Crippen MR) is 84.5 cm³/mol. The van der Waals surface area contributed by atoms with Crippen molar-refractivity contribution in [3.63, 3.8) is 0 Å². The number of thiazole rings is 1. The first-order valence-corrected chi connectivity index (χ1v) is 8.00. The number of hydrogen-bond donors (Lipinski definition) is 1. The molecule has 1 N–H and O–H groups in total. The van der Waals surface area contributed by atoms with Gasteiger partial charge in [-0.25, -0.2) is 4.98 Å². The largest absolute Gasteiger partial charge is 0.336 e. The van der Waals surface area contributed by atoms with E-state index in [0.29, 0.717) is 6.54 Å². The van der Waals surface area contributed by atoms with Crippen molar-refractivity contribution < 1.29 is 4.79 Å². The summed E-state index contributed by atoms with van der Waals surface area (Å²) in [5.41, 5.74) is 6.14. The minimum absolute atomic E-state index is 0.0987. The van der Waals surface area contributed by atoms with Crippen LogP contribution in [-0.2, 0) is 19.5 Å². The summed E-state index contributed by atoms with van der Waals surface area (Å²) in [5, 5.41) is 3.35. The number of aryl methyl sites for hydroxylation is 1. The number of nitrogens with zero attached hydrogens (tertiary/aromatic N) is 2. The summed E-state index contributed by atoms with van der Waals surface area (Å²) in [6, 6.07) is 6.03. The molecule has 4 nitrogen and oxygen atoms in total. The van der Waals surface area contributed by atoms with Crippen LogP contribution < -0.4 is 5.32 Å². The molecule has 0 atom stereocenters. The number of carbonyl (C=O) groups is 1. The number of benzene rings is 1. The molecule has 1 aromatic carbocycles. The third-order valence-electron chi connectivity index (χ3n) is 3.94. The fraction of sp³-hybridized carbons (Fsp3) is 0.375. The third-order valence-corrected chi connectivity index (χ3v) is 4.86. The van der Waals surface area contributed by atoms with Gasteiger partial charge in [-0.2, -0.15) is 0 Å². The van der Waals surface area contributed by atoms with Gasteiger partial charge in [0.05, 0.1) is 17.7 Å². The zero-order valence-electron chi connectivity index (χ0n) is 12.3. The van der Waals surface area contributed by atoms with E-state index in [1.807, 2.05) is 31.6 Å². The fourth-order valence-electron chi connectivity index (χ4n) is 2.70. The van der Waals surface area contributed by atoms with E-state index in [9.17, 15) is 4.79 Å². The van der Waals surface area contributed by atoms with E-state index in [0.717, 1.165) is 35.6 Å². The molecule has 1 aliphatic rings. The first kappa shape index (κ1) is 14.2. The van der Waals surface area contributed by atoms with Gasteiger partial charge in [0, 0.05) is 24.0 Å². The van der Waals surface area contributed by atoms with Gasteiger partial charge < -0.3 is 10.2 Å². The normalized spacial score (nSPS) is 13.8. The van der Waals surface area contributed by atoms with E-state index in [1.54, 1.807) is 16.2 Å². The third kappa shape index (κ3) is 2.84. The molecule has 21 heavy (non-hydrogen) atoms. The maximum absolute atomic E-state index is 12.7. The Morgan fingerprint density at radius 2 is 2.33 bits per heavy atom. The number of hydrogen-bond acceptors (Lipinski definition) is 4. The summed E-state index contributed by atoms with van der Waals surface area (Å²) < 4.78 is 0. The molecule has 1 aromatic heterocycles. The second kappa shape index (κ2) is 5.95. The molecule has 0 saturated heterocycles. The maximum atomic E-state index is 12.7. The zero-order valence-corrected chi connectivity index (χ0v) is 13.2. The van der Waals surface area contributed by atoms with E-state index >= 15 is 0 Å². The van der Waals surface area contributed by atoms with E-state index in [2.05, 4.69) is 16.4 Å². The number of aromatic nitrogens is 1. The monoisotopic (exact) mass is 301 g/mol. The van der Waals surface area contributed by atoms with Crippen LogP contribution in [0.3, 0.4) is 0 Å². The van der Waals surface area contributed by atoms with Gasteiger partial charge in [-0.05, 0) is 37.1 Å². The molecule has 0 fully saturated rings. The van der Waals surface area contributed by atoms with Crippen LogP contribution in [0.25, 0.3) is 0 Å². The summed E-state index contributed by atoms with van der Waals surface area (Å²) in [6.45, 7) is 4.40. The molecule has 1 aliphatic heterocycles. The lowest BCUT2D eigenvalue weighted by molar-refractivity contribution is 0.0785. The number of rotatable bonds is 3. The van der Waals surface area contributed by atoms with Gasteiger partial charge in [-0.3, -0.25) is 4.79 Å². The first-order chi connectivity index (χ1) is 10.2. The molecular weight excluding hydrogens is 282 g/mol. The Labute approximate surface area is 128 Å². The lowest BCUT2D eigenvalue weighted by Crippen LogP contribution is -2.30. The predicted octanol–water partition coefficient (Wildman–Crippen LogP) is 2.37. The lowest BCUT2D eigenvalue weighted by atomic mass is 9.95. The summed E-state index contributed by atoms with van der Waals surface area (Å²) in [7, 11) is 1.86. The molecule has 110 valence electrons. The van der Waals surface area contributed by atoms with Crippen LogP contribution in [0, 0.1) is 6.92 Å². The van der Waals surface area contributed by atoms with Gasteiger partial charge in [0.1, 0.15) is 0 Å². The van der Waals surface area contributed by atoms with Crippen molar-refractivity contribution >= 4 is 17.2 Å². The van der Waals surface area contributed by atoms with Crippen LogP contribution in [0.2, 0.25) is 0 Å². The summed E-state index contributed by atoms with van der Waals surface area (Å²) in [5.74, 6) is 0.0987. The van der Waals surface area contributed by atoms with E-state index in [-0.39, 0.29) is 5.91 Å². The van der Waals surface area contributed by atoms with Crippen molar-refractivity contribution in [2.24, 2.45) is 0 Å². The highest BCUT2D eigenvalue weighted by Crippen LogP contribution is 2.21. The van der Waals surface area contributed by atoms with Crippen LogP contribution in [0.15, 0.2) is 23.7 Å². The molecule has 0 saturated carbocycles. The lowest BCUT2D eigenvalue weighted by Gasteiger charge is -2.23. The van der Waals surface area contributed by atoms with Crippen molar-refractivity contribution in [1.82, 2.24) is 15.2 Å². The topological polar surface area (TPSA) is 45.2 Å². The van der Waals surface area contributed by atoms with Crippen molar-refractivity contribution in [3.8, 4) is 0 Å². The highest BCUT2D eigenvalue weighted by Gasteiger charge is 2.20. The second-order valence-corrected chi connectivity index (χ2v) is 6.33. The molecule has 2 heterocycles. The summed E-state index contributed by atoms with van der Waals surface area (Å²) in [6.07, 6.45) is 0.921. The Balaban J connectivity index is 1.83. The van der Waals surface area contributed by atoms with Gasteiger partial charge in [-0.1, -0.05) is 12.1 Å². The summed E-state index contributed by atoms with van der Waals surface area (Å²) >= 11 is 1.60. The Bertz CT molecular complexity index is 665. The average Bonchev–Trinajstić information content (AvgIpc) is 2.91. The molecule has 1 amide bonds. The van der Waals surface area contributed by atoms with Crippen molar-refractivity contribution in [1.29, 1.82) is 0 Å². The minimum atomic E-state index is 0.0987. The second-order valence-electron chi connectivity index (χ2n) is 5.39. The SMILES string of the molecule is Cc1ncsc1CN(C)C(=O)c1cccc2c1CCNC2. The van der Waals surface area contributed by atoms with E-state index < -0.39 is 0 Å². The van der Waals surface area contributed by atoms with Crippen LogP contribution in [0.5, 0.6) is 0 Å². The molecular formula is C16H19N3OS. The van der Waals surface area contributed by atoms with Crippen LogP contribution in [0.4, 0.5) is 0 Å². The van der Waals surface area contributed by atoms with E-state index in [4.69, 9.17) is 0 Å². The number of fused-ring (bicyclic) bond motifs is 1. The molecule has 2 aromatic rings. The fourth-order valence-corrected chi connectivity index (χ4v) is 3.53. The van der Waals surface area contributed by atoms with Crippen molar-refractivity contribution in [3.05, 3.63) is 51.0 Å². The molecule has 0 radical (unpaired) electrons. The Hall–Kier alpha value is -1.72. The van der Waals surface area contributed by atoms with Crippen molar-refractivity contribution in [2.75, 3.05) is 13.6 Å². The Morgan fingerprint density at radius 1 is 1.48 bits per heavy atom. The van der Waals surface area contributed by atoms with Gasteiger partial charge >= 0.3 is 0 Å². The number of carbonyl (C=O) groups excluding carboxylic acids is 1. The zero-order chi connectivity index (χ0) is 14.8. The quantitative estimate of drug-likeness (QED) is 0.946. The molecule has 0 spiro atoms. The highest BCUT2D eigenvalue weighted by atomic mass is 32.1. The van der Waals surface area contributed by atoms with Crippen LogP contribution in [0.1, 0.15) is 32.1 Å². The smallest absolute Gasteiger partial charge is 0.254 e. The Morgan fingerprint density at radius 3 is 3.10 bits per heavy atom. The van der Waals surface area contributed by atoms with E-state index in [1.165, 1.54) is 11.1 Å². The average molecular weight is 301 g/mol. The Kier molecular flexibility index (Phi) is 4.03.